The average molecular weight is 285 g/mol. The second-order valence-electron chi connectivity index (χ2n) is 3.82. The predicted octanol–water partition coefficient (Wildman–Crippen LogP) is 3.46. The van der Waals surface area contributed by atoms with E-state index in [9.17, 15) is 5.11 Å². The number of rotatable bonds is 4. The molecular formula is C12H17BrN2O. The Balaban J connectivity index is 2.85. The van der Waals surface area contributed by atoms with Crippen molar-refractivity contribution in [3.8, 4) is 5.75 Å². The van der Waals surface area contributed by atoms with Crippen LogP contribution >= 0.6 is 15.9 Å². The van der Waals surface area contributed by atoms with Crippen molar-refractivity contribution in [2.24, 2.45) is 4.99 Å². The quantitative estimate of drug-likeness (QED) is 0.679. The van der Waals surface area contributed by atoms with Gasteiger partial charge in [0.05, 0.1) is 12.0 Å². The summed E-state index contributed by atoms with van der Waals surface area (Å²) in [6.45, 7) is 4.97. The fraction of sp³-hybridized carbons (Fsp3) is 0.417. The highest BCUT2D eigenvalue weighted by molar-refractivity contribution is 9.10. The van der Waals surface area contributed by atoms with Gasteiger partial charge in [0.25, 0.3) is 0 Å². The van der Waals surface area contributed by atoms with Crippen molar-refractivity contribution >= 4 is 28.0 Å². The van der Waals surface area contributed by atoms with Crippen molar-refractivity contribution in [3.63, 3.8) is 0 Å². The summed E-state index contributed by atoms with van der Waals surface area (Å²) in [7, 11) is 1.99. The van der Waals surface area contributed by atoms with Crippen LogP contribution in [-0.4, -0.2) is 29.9 Å². The van der Waals surface area contributed by atoms with Gasteiger partial charge in [0, 0.05) is 18.1 Å². The SMILES string of the molecule is CCCN(C)C=Nc1cc(C)c(O)cc1Br. The Bertz CT molecular complexity index is 391. The Morgan fingerprint density at radius 1 is 1.50 bits per heavy atom. The van der Waals surface area contributed by atoms with Crippen LogP contribution in [0.4, 0.5) is 5.69 Å². The zero-order valence-corrected chi connectivity index (χ0v) is 11.5. The van der Waals surface area contributed by atoms with E-state index in [0.717, 1.165) is 28.7 Å². The highest BCUT2D eigenvalue weighted by Crippen LogP contribution is 2.31. The molecule has 0 aliphatic heterocycles. The van der Waals surface area contributed by atoms with Crippen molar-refractivity contribution in [3.05, 3.63) is 22.2 Å². The maximum absolute atomic E-state index is 9.49. The van der Waals surface area contributed by atoms with Gasteiger partial charge in [-0.3, -0.25) is 0 Å². The fourth-order valence-corrected chi connectivity index (χ4v) is 1.76. The van der Waals surface area contributed by atoms with Gasteiger partial charge in [-0.1, -0.05) is 6.92 Å². The molecule has 0 amide bonds. The molecule has 0 aliphatic carbocycles. The van der Waals surface area contributed by atoms with Gasteiger partial charge >= 0.3 is 0 Å². The van der Waals surface area contributed by atoms with Gasteiger partial charge in [0.1, 0.15) is 5.75 Å². The lowest BCUT2D eigenvalue weighted by Crippen LogP contribution is -2.16. The minimum atomic E-state index is 0.285. The average Bonchev–Trinajstić information content (AvgIpc) is 2.22. The Kier molecular flexibility index (Phi) is 4.80. The molecule has 4 heteroatoms. The summed E-state index contributed by atoms with van der Waals surface area (Å²) < 4.78 is 0.803. The molecule has 0 saturated heterocycles. The van der Waals surface area contributed by atoms with Gasteiger partial charge in [-0.2, -0.15) is 0 Å². The van der Waals surface area contributed by atoms with Crippen molar-refractivity contribution in [1.82, 2.24) is 4.90 Å². The van der Waals surface area contributed by atoms with E-state index in [0.29, 0.717) is 0 Å². The molecule has 0 bridgehead atoms. The van der Waals surface area contributed by atoms with Gasteiger partial charge in [-0.15, -0.1) is 0 Å². The molecule has 0 spiro atoms. The van der Waals surface area contributed by atoms with E-state index in [1.54, 1.807) is 12.4 Å². The lowest BCUT2D eigenvalue weighted by Gasteiger charge is -2.11. The van der Waals surface area contributed by atoms with E-state index in [1.807, 2.05) is 24.9 Å². The third-order valence-corrected chi connectivity index (χ3v) is 2.87. The van der Waals surface area contributed by atoms with Crippen LogP contribution < -0.4 is 0 Å². The molecule has 1 aromatic carbocycles. The summed E-state index contributed by atoms with van der Waals surface area (Å²) in [5.41, 5.74) is 1.66. The molecule has 1 aromatic rings. The van der Waals surface area contributed by atoms with Crippen LogP contribution in [0.1, 0.15) is 18.9 Å². The molecule has 16 heavy (non-hydrogen) atoms. The van der Waals surface area contributed by atoms with Crippen LogP contribution in [0.3, 0.4) is 0 Å². The zero-order valence-electron chi connectivity index (χ0n) is 9.87. The second kappa shape index (κ2) is 5.89. The van der Waals surface area contributed by atoms with Crippen LogP contribution in [0.25, 0.3) is 0 Å². The third kappa shape index (κ3) is 3.52. The largest absolute Gasteiger partial charge is 0.508 e. The first-order valence-corrected chi connectivity index (χ1v) is 6.07. The van der Waals surface area contributed by atoms with Gasteiger partial charge in [0.2, 0.25) is 0 Å². The molecule has 88 valence electrons. The number of phenolic OH excluding ortho intramolecular Hbond substituents is 1. The third-order valence-electron chi connectivity index (χ3n) is 2.24. The number of aliphatic imine (C=N–C) groups is 1. The van der Waals surface area contributed by atoms with Gasteiger partial charge in [-0.25, -0.2) is 4.99 Å². The van der Waals surface area contributed by atoms with Crippen LogP contribution in [0.5, 0.6) is 5.75 Å². The topological polar surface area (TPSA) is 35.8 Å². The van der Waals surface area contributed by atoms with E-state index in [1.165, 1.54) is 0 Å². The maximum Gasteiger partial charge on any atom is 0.119 e. The summed E-state index contributed by atoms with van der Waals surface area (Å²) in [4.78, 5) is 6.41. The number of aromatic hydroxyl groups is 1. The number of benzene rings is 1. The molecule has 0 radical (unpaired) electrons. The number of hydrogen-bond acceptors (Lipinski definition) is 2. The molecule has 1 rings (SSSR count). The van der Waals surface area contributed by atoms with Gasteiger partial charge < -0.3 is 10.0 Å². The number of hydrogen-bond donors (Lipinski definition) is 1. The van der Waals surface area contributed by atoms with E-state index >= 15 is 0 Å². The Morgan fingerprint density at radius 2 is 2.19 bits per heavy atom. The summed E-state index contributed by atoms with van der Waals surface area (Å²) >= 11 is 3.38. The Hall–Kier alpha value is -1.03. The van der Waals surface area contributed by atoms with Crippen LogP contribution in [-0.2, 0) is 0 Å². The maximum atomic E-state index is 9.49. The Labute approximate surface area is 105 Å². The van der Waals surface area contributed by atoms with E-state index in [4.69, 9.17) is 0 Å². The molecule has 3 nitrogen and oxygen atoms in total. The zero-order chi connectivity index (χ0) is 12.1. The molecule has 0 unspecified atom stereocenters. The Morgan fingerprint density at radius 3 is 2.81 bits per heavy atom. The first-order valence-electron chi connectivity index (χ1n) is 5.28. The lowest BCUT2D eigenvalue weighted by atomic mass is 10.2. The van der Waals surface area contributed by atoms with Crippen molar-refractivity contribution < 1.29 is 5.11 Å². The van der Waals surface area contributed by atoms with Crippen LogP contribution in [0, 0.1) is 6.92 Å². The van der Waals surface area contributed by atoms with Gasteiger partial charge in [0.15, 0.2) is 0 Å². The lowest BCUT2D eigenvalue weighted by molar-refractivity contribution is 0.471. The predicted molar refractivity (Wildman–Crippen MR) is 71.6 cm³/mol. The number of halogens is 1. The van der Waals surface area contributed by atoms with E-state index in [2.05, 4.69) is 27.8 Å². The summed E-state index contributed by atoms with van der Waals surface area (Å²) in [5, 5.41) is 9.49. The second-order valence-corrected chi connectivity index (χ2v) is 4.67. The van der Waals surface area contributed by atoms with Crippen molar-refractivity contribution in [2.45, 2.75) is 20.3 Å². The van der Waals surface area contributed by atoms with Gasteiger partial charge in [-0.05, 0) is 47.0 Å². The van der Waals surface area contributed by atoms with Crippen molar-refractivity contribution in [2.75, 3.05) is 13.6 Å². The normalized spacial score (nSPS) is 11.0. The monoisotopic (exact) mass is 284 g/mol. The fourth-order valence-electron chi connectivity index (χ4n) is 1.33. The molecule has 0 saturated carbocycles. The molecule has 0 atom stereocenters. The highest BCUT2D eigenvalue weighted by atomic mass is 79.9. The van der Waals surface area contributed by atoms with E-state index < -0.39 is 0 Å². The molecule has 1 N–H and O–H groups in total. The molecular weight excluding hydrogens is 268 g/mol. The molecule has 0 fully saturated rings. The number of phenols is 1. The van der Waals surface area contributed by atoms with Crippen LogP contribution in [0.2, 0.25) is 0 Å². The number of aryl methyl sites for hydroxylation is 1. The minimum Gasteiger partial charge on any atom is -0.508 e. The minimum absolute atomic E-state index is 0.285. The highest BCUT2D eigenvalue weighted by Gasteiger charge is 2.03. The first kappa shape index (κ1) is 13.0. The first-order chi connectivity index (χ1) is 7.54. The van der Waals surface area contributed by atoms with Crippen LogP contribution in [0.15, 0.2) is 21.6 Å². The standard InChI is InChI=1S/C12H17BrN2O/c1-4-5-15(3)8-14-11-6-9(2)12(16)7-10(11)13/h6-8,16H,4-5H2,1-3H3. The molecule has 0 heterocycles. The van der Waals surface area contributed by atoms with E-state index in [-0.39, 0.29) is 5.75 Å². The summed E-state index contributed by atoms with van der Waals surface area (Å²) in [5.74, 6) is 0.285. The summed E-state index contributed by atoms with van der Waals surface area (Å²) in [6.07, 6.45) is 2.90. The smallest absolute Gasteiger partial charge is 0.119 e. The van der Waals surface area contributed by atoms with Crippen molar-refractivity contribution in [1.29, 1.82) is 0 Å². The molecule has 0 aliphatic rings. The number of nitrogens with zero attached hydrogens (tertiary/aromatic N) is 2. The molecule has 0 aromatic heterocycles. The summed E-state index contributed by atoms with van der Waals surface area (Å²) in [6, 6.07) is 3.53.